The molecule has 1 amide bonds. The molecular weight excluding hydrogens is 360 g/mol. The fourth-order valence-electron chi connectivity index (χ4n) is 2.69. The van der Waals surface area contributed by atoms with Crippen molar-refractivity contribution in [2.75, 3.05) is 25.9 Å². The van der Waals surface area contributed by atoms with Crippen LogP contribution >= 0.6 is 12.2 Å². The van der Waals surface area contributed by atoms with E-state index in [1.54, 1.807) is 0 Å². The lowest BCUT2D eigenvalue weighted by molar-refractivity contribution is -0.126. The largest absolute Gasteiger partial charge is 0.361 e. The quantitative estimate of drug-likeness (QED) is 0.503. The first-order valence-corrected chi connectivity index (χ1v) is 10.4. The van der Waals surface area contributed by atoms with E-state index in [1.165, 1.54) is 9.87 Å². The van der Waals surface area contributed by atoms with Gasteiger partial charge in [0.05, 0.1) is 12.2 Å². The van der Waals surface area contributed by atoms with Gasteiger partial charge in [0.1, 0.15) is 0 Å². The molecule has 0 saturated carbocycles. The maximum Gasteiger partial charge on any atom is 0.242 e. The van der Waals surface area contributed by atoms with E-state index in [9.17, 15) is 13.2 Å². The van der Waals surface area contributed by atoms with Crippen LogP contribution in [0, 0.1) is 5.92 Å². The molecule has 1 heterocycles. The third-order valence-electron chi connectivity index (χ3n) is 4.07. The van der Waals surface area contributed by atoms with Crippen LogP contribution in [-0.2, 0) is 21.2 Å². The number of hydrogen-bond donors (Lipinski definition) is 3. The number of hydrazine groups is 1. The summed E-state index contributed by atoms with van der Waals surface area (Å²) in [6.45, 7) is 1.33. The van der Waals surface area contributed by atoms with E-state index in [0.717, 1.165) is 12.7 Å². The van der Waals surface area contributed by atoms with E-state index in [0.29, 0.717) is 31.0 Å². The van der Waals surface area contributed by atoms with Crippen molar-refractivity contribution in [2.45, 2.75) is 19.3 Å². The first kappa shape index (κ1) is 19.6. The maximum absolute atomic E-state index is 12.2. The predicted molar refractivity (Wildman–Crippen MR) is 101 cm³/mol. The highest BCUT2D eigenvalue weighted by molar-refractivity contribution is 7.88. The lowest BCUT2D eigenvalue weighted by Gasteiger charge is -2.30. The smallest absolute Gasteiger partial charge is 0.242 e. The Morgan fingerprint density at radius 2 is 2.00 bits per heavy atom. The molecule has 0 aliphatic carbocycles. The fraction of sp³-hybridized carbons (Fsp3) is 0.500. The van der Waals surface area contributed by atoms with Crippen molar-refractivity contribution >= 4 is 33.3 Å². The van der Waals surface area contributed by atoms with Crippen molar-refractivity contribution in [3.05, 3.63) is 35.9 Å². The number of thiocarbonyl (C=S) groups is 1. The second kappa shape index (κ2) is 9.12. The van der Waals surface area contributed by atoms with Gasteiger partial charge in [-0.15, -0.1) is 0 Å². The van der Waals surface area contributed by atoms with Gasteiger partial charge < -0.3 is 5.32 Å². The zero-order valence-electron chi connectivity index (χ0n) is 14.2. The van der Waals surface area contributed by atoms with Crippen molar-refractivity contribution < 1.29 is 13.2 Å². The van der Waals surface area contributed by atoms with Crippen LogP contribution in [0.5, 0.6) is 0 Å². The van der Waals surface area contributed by atoms with Crippen LogP contribution in [0.3, 0.4) is 0 Å². The lowest BCUT2D eigenvalue weighted by atomic mass is 9.99. The first-order valence-electron chi connectivity index (χ1n) is 8.19. The third-order valence-corrected chi connectivity index (χ3v) is 5.58. The Bertz CT molecular complexity index is 695. The number of sulfonamides is 1. The molecule has 2 rings (SSSR count). The molecule has 138 valence electrons. The summed E-state index contributed by atoms with van der Waals surface area (Å²) in [7, 11) is -3.27. The van der Waals surface area contributed by atoms with Crippen LogP contribution in [0.1, 0.15) is 18.4 Å². The Balaban J connectivity index is 1.69. The Morgan fingerprint density at radius 1 is 1.28 bits per heavy atom. The molecule has 1 saturated heterocycles. The number of carbonyl (C=O) groups is 1. The van der Waals surface area contributed by atoms with Gasteiger partial charge in [0, 0.05) is 19.6 Å². The number of hydrogen-bond acceptors (Lipinski definition) is 4. The molecule has 1 aliphatic rings. The third kappa shape index (κ3) is 6.60. The maximum atomic E-state index is 12.2. The Kier molecular flexibility index (Phi) is 7.15. The highest BCUT2D eigenvalue weighted by atomic mass is 32.2. The highest BCUT2D eigenvalue weighted by Gasteiger charge is 2.30. The SMILES string of the molecule is CS(=O)(=O)N1CCC[C@@H](C(=O)NNC(=S)NCCc2ccccc2)C1. The van der Waals surface area contributed by atoms with Gasteiger partial charge in [-0.1, -0.05) is 30.3 Å². The summed E-state index contributed by atoms with van der Waals surface area (Å²) in [5.41, 5.74) is 6.43. The average molecular weight is 385 g/mol. The van der Waals surface area contributed by atoms with Crippen molar-refractivity contribution in [1.82, 2.24) is 20.5 Å². The van der Waals surface area contributed by atoms with Gasteiger partial charge in [-0.25, -0.2) is 12.7 Å². The van der Waals surface area contributed by atoms with Crippen LogP contribution in [0.25, 0.3) is 0 Å². The molecule has 1 fully saturated rings. The molecular formula is C16H24N4O3S2. The van der Waals surface area contributed by atoms with Crippen LogP contribution < -0.4 is 16.2 Å². The molecule has 1 aromatic rings. The minimum absolute atomic E-state index is 0.209. The number of nitrogens with zero attached hydrogens (tertiary/aromatic N) is 1. The molecule has 0 bridgehead atoms. The second-order valence-electron chi connectivity index (χ2n) is 6.07. The molecule has 0 unspecified atom stereocenters. The molecule has 7 nitrogen and oxygen atoms in total. The number of rotatable bonds is 5. The molecule has 3 N–H and O–H groups in total. The minimum atomic E-state index is -3.27. The fourth-order valence-corrected chi connectivity index (χ4v) is 3.75. The molecule has 0 spiro atoms. The highest BCUT2D eigenvalue weighted by Crippen LogP contribution is 2.18. The molecule has 0 aromatic heterocycles. The van der Waals surface area contributed by atoms with E-state index in [4.69, 9.17) is 12.2 Å². The monoisotopic (exact) mass is 384 g/mol. The van der Waals surface area contributed by atoms with E-state index in [-0.39, 0.29) is 18.4 Å². The van der Waals surface area contributed by atoms with Gasteiger partial charge in [-0.3, -0.25) is 15.6 Å². The number of nitrogens with one attached hydrogen (secondary N) is 3. The summed E-state index contributed by atoms with van der Waals surface area (Å²) in [4.78, 5) is 12.2. The summed E-state index contributed by atoms with van der Waals surface area (Å²) in [6, 6.07) is 10.0. The van der Waals surface area contributed by atoms with Crippen molar-refractivity contribution in [1.29, 1.82) is 0 Å². The van der Waals surface area contributed by atoms with Gasteiger partial charge in [-0.2, -0.15) is 0 Å². The van der Waals surface area contributed by atoms with E-state index in [1.807, 2.05) is 30.3 Å². The molecule has 1 aliphatic heterocycles. The van der Waals surface area contributed by atoms with Gasteiger partial charge in [0.25, 0.3) is 0 Å². The average Bonchev–Trinajstić information content (AvgIpc) is 2.60. The number of amides is 1. The molecule has 0 radical (unpaired) electrons. The predicted octanol–water partition coefficient (Wildman–Crippen LogP) is 0.396. The number of piperidine rings is 1. The van der Waals surface area contributed by atoms with Crippen LogP contribution in [0.2, 0.25) is 0 Å². The van der Waals surface area contributed by atoms with Crippen molar-refractivity contribution in [2.24, 2.45) is 5.92 Å². The topological polar surface area (TPSA) is 90.5 Å². The van der Waals surface area contributed by atoms with Crippen LogP contribution in [0.4, 0.5) is 0 Å². The van der Waals surface area contributed by atoms with Crippen molar-refractivity contribution in [3.8, 4) is 0 Å². The Morgan fingerprint density at radius 3 is 2.68 bits per heavy atom. The van der Waals surface area contributed by atoms with Crippen molar-refractivity contribution in [3.63, 3.8) is 0 Å². The van der Waals surface area contributed by atoms with E-state index >= 15 is 0 Å². The van der Waals surface area contributed by atoms with Gasteiger partial charge in [-0.05, 0) is 37.0 Å². The van der Waals surface area contributed by atoms with E-state index < -0.39 is 10.0 Å². The lowest BCUT2D eigenvalue weighted by Crippen LogP contribution is -2.52. The standard InChI is InChI=1S/C16H24N4O3S2/c1-25(22,23)20-11-5-8-14(12-20)15(21)18-19-16(24)17-10-9-13-6-3-2-4-7-13/h2-4,6-7,14H,5,8-12H2,1H3,(H,18,21)(H2,17,19,24)/t14-/m1/s1. The van der Waals surface area contributed by atoms with E-state index in [2.05, 4.69) is 16.2 Å². The Hall–Kier alpha value is -1.71. The van der Waals surface area contributed by atoms with Crippen LogP contribution in [-0.4, -0.2) is 49.6 Å². The molecule has 1 aromatic carbocycles. The second-order valence-corrected chi connectivity index (χ2v) is 8.46. The first-order chi connectivity index (χ1) is 11.9. The molecule has 1 atom stereocenters. The van der Waals surface area contributed by atoms with Gasteiger partial charge in [0.2, 0.25) is 15.9 Å². The summed E-state index contributed by atoms with van der Waals surface area (Å²) < 4.78 is 24.6. The molecule has 25 heavy (non-hydrogen) atoms. The van der Waals surface area contributed by atoms with Gasteiger partial charge >= 0.3 is 0 Å². The summed E-state index contributed by atoms with van der Waals surface area (Å²) >= 11 is 5.13. The number of benzene rings is 1. The zero-order chi connectivity index (χ0) is 18.3. The zero-order valence-corrected chi connectivity index (χ0v) is 15.8. The molecule has 9 heteroatoms. The minimum Gasteiger partial charge on any atom is -0.361 e. The summed E-state index contributed by atoms with van der Waals surface area (Å²) in [5.74, 6) is -0.622. The normalized spacial score (nSPS) is 18.4. The number of carbonyl (C=O) groups excluding carboxylic acids is 1. The van der Waals surface area contributed by atoms with Crippen LogP contribution in [0.15, 0.2) is 30.3 Å². The summed E-state index contributed by atoms with van der Waals surface area (Å²) in [6.07, 6.45) is 3.32. The summed E-state index contributed by atoms with van der Waals surface area (Å²) in [5, 5.41) is 3.36. The Labute approximate surface area is 154 Å². The van der Waals surface area contributed by atoms with Gasteiger partial charge in [0.15, 0.2) is 5.11 Å².